The molecule has 0 bridgehead atoms. The lowest BCUT2D eigenvalue weighted by atomic mass is 10.0. The van der Waals surface area contributed by atoms with Crippen LogP contribution in [0.5, 0.6) is 0 Å². The van der Waals surface area contributed by atoms with Crippen molar-refractivity contribution >= 4 is 17.9 Å². The molecule has 6 nitrogen and oxygen atoms in total. The van der Waals surface area contributed by atoms with Crippen molar-refractivity contribution < 1.29 is 28.6 Å². The van der Waals surface area contributed by atoms with Gasteiger partial charge < -0.3 is 14.2 Å². The van der Waals surface area contributed by atoms with E-state index in [1.165, 1.54) is 141 Å². The molecule has 6 heteroatoms. The minimum absolute atomic E-state index is 0.0846. The van der Waals surface area contributed by atoms with Gasteiger partial charge in [-0.05, 0) is 109 Å². The quantitative estimate of drug-likeness (QED) is 0.0261. The largest absolute Gasteiger partial charge is 0.462 e. The molecule has 426 valence electrons. The summed E-state index contributed by atoms with van der Waals surface area (Å²) < 4.78 is 16.7. The molecule has 0 aromatic rings. The smallest absolute Gasteiger partial charge is 0.310 e. The Balaban J connectivity index is 4.37. The normalized spacial score (nSPS) is 12.9. The van der Waals surface area contributed by atoms with Gasteiger partial charge in [-0.2, -0.15) is 0 Å². The SMILES string of the molecule is CC/C=C\C/C=C\C/C=C\C/C=C\C/C=C\CC(=O)OC(COC(=O)CCCC/C=C\C/C=C\C/C=C\C/C=C\CC)COC(=O)CCCCCCCCCCCCCCCCC/C=C\CCCCCCCCCC. The number of rotatable bonds is 55. The molecule has 0 saturated heterocycles. The van der Waals surface area contributed by atoms with E-state index in [4.69, 9.17) is 14.2 Å². The van der Waals surface area contributed by atoms with Crippen molar-refractivity contribution in [1.82, 2.24) is 0 Å². The maximum absolute atomic E-state index is 12.8. The Kier molecular flexibility index (Phi) is 58.9. The molecule has 0 saturated carbocycles. The summed E-state index contributed by atoms with van der Waals surface area (Å²) in [4.78, 5) is 38.1. The molecule has 0 aromatic heterocycles. The van der Waals surface area contributed by atoms with Crippen LogP contribution in [0.2, 0.25) is 0 Å². The highest BCUT2D eigenvalue weighted by Crippen LogP contribution is 2.16. The summed E-state index contributed by atoms with van der Waals surface area (Å²) in [6.07, 6.45) is 86.8. The van der Waals surface area contributed by atoms with Crippen LogP contribution >= 0.6 is 0 Å². The second kappa shape index (κ2) is 62.4. The molecule has 0 N–H and O–H groups in total. The van der Waals surface area contributed by atoms with Crippen molar-refractivity contribution in [3.63, 3.8) is 0 Å². The Bertz CT molecular complexity index is 1570. The van der Waals surface area contributed by atoms with Crippen molar-refractivity contribution in [2.75, 3.05) is 13.2 Å². The first kappa shape index (κ1) is 70.8. The van der Waals surface area contributed by atoms with Gasteiger partial charge in [0.2, 0.25) is 0 Å². The maximum Gasteiger partial charge on any atom is 0.310 e. The zero-order valence-corrected chi connectivity index (χ0v) is 48.8. The number of carbonyl (C=O) groups excluding carboxylic acids is 3. The standard InChI is InChI=1S/C69H114O6/c1-4-7-10-13-16-19-22-25-28-29-30-31-32-33-34-35-36-37-38-39-42-44-47-50-53-56-59-62-68(71)74-65-66(75-69(72)63-60-57-54-51-48-45-41-27-24-21-18-15-12-9-6-3)64-73-67(70)61-58-55-52-49-46-43-40-26-23-20-17-14-11-8-5-2/h8-9,11-12,17-18,20-21,26-27,29-30,40-41,46,48-49,51,57,60,66H,4-7,10,13-16,19,22-25,28,31-39,42-45,47,50,52-56,58-59,61-65H2,1-3H3/b11-8-,12-9-,20-17-,21-18-,30-29-,40-26-,41-27-,49-46-,51-48-,60-57-. The first-order chi connectivity index (χ1) is 37.0. The van der Waals surface area contributed by atoms with Gasteiger partial charge in [0.25, 0.3) is 0 Å². The fourth-order valence-electron chi connectivity index (χ4n) is 8.39. The third kappa shape index (κ3) is 60.6. The van der Waals surface area contributed by atoms with Crippen LogP contribution < -0.4 is 0 Å². The minimum Gasteiger partial charge on any atom is -0.462 e. The zero-order valence-electron chi connectivity index (χ0n) is 48.8. The topological polar surface area (TPSA) is 78.9 Å². The third-order valence-electron chi connectivity index (χ3n) is 13.0. The Hall–Kier alpha value is -4.19. The van der Waals surface area contributed by atoms with E-state index in [1.54, 1.807) is 6.08 Å². The molecule has 0 spiro atoms. The van der Waals surface area contributed by atoms with Crippen molar-refractivity contribution in [3.05, 3.63) is 122 Å². The summed E-state index contributed by atoms with van der Waals surface area (Å²) in [6.45, 7) is 6.30. The second-order valence-corrected chi connectivity index (χ2v) is 20.2. The predicted molar refractivity (Wildman–Crippen MR) is 325 cm³/mol. The molecule has 0 amide bonds. The highest BCUT2D eigenvalue weighted by Gasteiger charge is 2.19. The molecular formula is C69H114O6. The summed E-state index contributed by atoms with van der Waals surface area (Å²) in [7, 11) is 0. The number of hydrogen-bond donors (Lipinski definition) is 0. The molecule has 1 unspecified atom stereocenters. The molecule has 0 aromatic carbocycles. The fraction of sp³-hybridized carbons (Fsp3) is 0.667. The van der Waals surface area contributed by atoms with Crippen molar-refractivity contribution in [3.8, 4) is 0 Å². The molecule has 0 radical (unpaired) electrons. The van der Waals surface area contributed by atoms with E-state index < -0.39 is 12.1 Å². The maximum atomic E-state index is 12.8. The van der Waals surface area contributed by atoms with E-state index >= 15 is 0 Å². The monoisotopic (exact) mass is 1040 g/mol. The first-order valence-corrected chi connectivity index (χ1v) is 31.0. The van der Waals surface area contributed by atoms with Crippen molar-refractivity contribution in [1.29, 1.82) is 0 Å². The van der Waals surface area contributed by atoms with Gasteiger partial charge >= 0.3 is 17.9 Å². The van der Waals surface area contributed by atoms with Gasteiger partial charge in [0.1, 0.15) is 13.2 Å². The van der Waals surface area contributed by atoms with Gasteiger partial charge in [-0.25, -0.2) is 0 Å². The van der Waals surface area contributed by atoms with Crippen LogP contribution in [0.3, 0.4) is 0 Å². The first-order valence-electron chi connectivity index (χ1n) is 31.0. The number of hydrogen-bond acceptors (Lipinski definition) is 6. The van der Waals surface area contributed by atoms with Gasteiger partial charge in [0.15, 0.2) is 6.10 Å². The van der Waals surface area contributed by atoms with E-state index in [0.29, 0.717) is 19.3 Å². The van der Waals surface area contributed by atoms with Gasteiger partial charge in [0.05, 0.1) is 6.42 Å². The average Bonchev–Trinajstić information content (AvgIpc) is 3.41. The molecule has 0 fully saturated rings. The van der Waals surface area contributed by atoms with Gasteiger partial charge in [0, 0.05) is 12.8 Å². The molecule has 0 heterocycles. The molecule has 0 rings (SSSR count). The number of ether oxygens (including phenoxy) is 3. The molecule has 0 aliphatic rings. The number of unbranched alkanes of at least 4 members (excludes halogenated alkanes) is 25. The Morgan fingerprint density at radius 2 is 0.560 bits per heavy atom. The second-order valence-electron chi connectivity index (χ2n) is 20.2. The highest BCUT2D eigenvalue weighted by molar-refractivity contribution is 5.72. The van der Waals surface area contributed by atoms with Gasteiger partial charge in [-0.15, -0.1) is 0 Å². The summed E-state index contributed by atoms with van der Waals surface area (Å²) in [5.41, 5.74) is 0. The number of esters is 3. The Morgan fingerprint density at radius 3 is 0.920 bits per heavy atom. The van der Waals surface area contributed by atoms with E-state index in [1.807, 2.05) is 6.08 Å². The number of carbonyl (C=O) groups is 3. The van der Waals surface area contributed by atoms with Gasteiger partial charge in [-0.3, -0.25) is 14.4 Å². The van der Waals surface area contributed by atoms with Crippen LogP contribution in [0.15, 0.2) is 122 Å². The van der Waals surface area contributed by atoms with E-state index in [9.17, 15) is 14.4 Å². The summed E-state index contributed by atoms with van der Waals surface area (Å²) in [5.74, 6) is -1.10. The van der Waals surface area contributed by atoms with Crippen LogP contribution in [0.4, 0.5) is 0 Å². The van der Waals surface area contributed by atoms with Crippen molar-refractivity contribution in [2.24, 2.45) is 0 Å². The average molecular weight is 1040 g/mol. The van der Waals surface area contributed by atoms with Crippen molar-refractivity contribution in [2.45, 2.75) is 284 Å². The number of allylic oxidation sites excluding steroid dienone is 19. The van der Waals surface area contributed by atoms with Crippen LogP contribution in [0, 0.1) is 0 Å². The van der Waals surface area contributed by atoms with Crippen LogP contribution in [-0.4, -0.2) is 37.2 Å². The summed E-state index contributed by atoms with van der Waals surface area (Å²) in [6, 6.07) is 0. The lowest BCUT2D eigenvalue weighted by molar-refractivity contribution is -0.166. The highest BCUT2D eigenvalue weighted by atomic mass is 16.6. The van der Waals surface area contributed by atoms with E-state index in [-0.39, 0.29) is 38.0 Å². The molecule has 75 heavy (non-hydrogen) atoms. The predicted octanol–water partition coefficient (Wildman–Crippen LogP) is 21.2. The van der Waals surface area contributed by atoms with Crippen LogP contribution in [-0.2, 0) is 28.6 Å². The van der Waals surface area contributed by atoms with E-state index in [0.717, 1.165) is 83.5 Å². The molecule has 0 aliphatic carbocycles. The summed E-state index contributed by atoms with van der Waals surface area (Å²) in [5, 5.41) is 0. The molecule has 0 aliphatic heterocycles. The van der Waals surface area contributed by atoms with Gasteiger partial charge in [-0.1, -0.05) is 271 Å². The zero-order chi connectivity index (χ0) is 54.3. The Labute approximate surface area is 462 Å². The fourth-order valence-corrected chi connectivity index (χ4v) is 8.39. The minimum atomic E-state index is -0.853. The molecular weight excluding hydrogens is 925 g/mol. The summed E-state index contributed by atoms with van der Waals surface area (Å²) >= 11 is 0. The lowest BCUT2D eigenvalue weighted by Gasteiger charge is -2.18. The lowest BCUT2D eigenvalue weighted by Crippen LogP contribution is -2.30. The molecule has 1 atom stereocenters. The third-order valence-corrected chi connectivity index (χ3v) is 13.0. The van der Waals surface area contributed by atoms with Crippen LogP contribution in [0.1, 0.15) is 278 Å². The van der Waals surface area contributed by atoms with E-state index in [2.05, 4.69) is 130 Å². The van der Waals surface area contributed by atoms with Crippen LogP contribution in [0.25, 0.3) is 0 Å². The Morgan fingerprint density at radius 1 is 0.293 bits per heavy atom.